The fourth-order valence-electron chi connectivity index (χ4n) is 7.42. The van der Waals surface area contributed by atoms with Crippen molar-refractivity contribution in [3.8, 4) is 17.0 Å². The summed E-state index contributed by atoms with van der Waals surface area (Å²) >= 11 is 0. The summed E-state index contributed by atoms with van der Waals surface area (Å²) in [6, 6.07) is 11.2. The Morgan fingerprint density at radius 1 is 0.978 bits per heavy atom. The van der Waals surface area contributed by atoms with Gasteiger partial charge in [-0.05, 0) is 80.5 Å². The summed E-state index contributed by atoms with van der Waals surface area (Å²) in [5, 5.41) is 4.38. The van der Waals surface area contributed by atoms with Crippen LogP contribution < -0.4 is 14.8 Å². The monoisotopic (exact) mass is 651 g/mol. The summed E-state index contributed by atoms with van der Waals surface area (Å²) in [5.74, 6) is 0.410. The smallest absolute Gasteiger partial charge is 0.317 e. The molecule has 3 amide bonds. The molecule has 2 N–H and O–H groups in total. The predicted molar refractivity (Wildman–Crippen MR) is 177 cm³/mol. The molecule has 3 atom stereocenters. The lowest BCUT2D eigenvalue weighted by molar-refractivity contribution is -0.0548. The third kappa shape index (κ3) is 6.34. The lowest BCUT2D eigenvalue weighted by atomic mass is 9.81. The molecule has 46 heavy (non-hydrogen) atoms. The molecule has 2 aliphatic heterocycles. The van der Waals surface area contributed by atoms with E-state index in [1.165, 1.54) is 26.1 Å². The molecule has 11 nitrogen and oxygen atoms in total. The first-order valence-electron chi connectivity index (χ1n) is 16.2. The van der Waals surface area contributed by atoms with Crippen molar-refractivity contribution in [2.45, 2.75) is 83.1 Å². The van der Waals surface area contributed by atoms with Crippen molar-refractivity contribution in [2.24, 2.45) is 0 Å². The van der Waals surface area contributed by atoms with Crippen LogP contribution in [-0.2, 0) is 27.9 Å². The van der Waals surface area contributed by atoms with Crippen molar-refractivity contribution in [1.82, 2.24) is 23.8 Å². The first-order valence-corrected chi connectivity index (χ1v) is 17.7. The molecule has 3 aliphatic rings. The number of aromatic nitrogens is 1. The quantitative estimate of drug-likeness (QED) is 0.401. The van der Waals surface area contributed by atoms with Gasteiger partial charge in [-0.2, -0.15) is 12.7 Å². The van der Waals surface area contributed by atoms with Crippen molar-refractivity contribution >= 4 is 33.1 Å². The van der Waals surface area contributed by atoms with Gasteiger partial charge < -0.3 is 24.3 Å². The molecule has 2 fully saturated rings. The van der Waals surface area contributed by atoms with Gasteiger partial charge in [0.1, 0.15) is 5.75 Å². The molecule has 1 aromatic heterocycles. The van der Waals surface area contributed by atoms with Crippen molar-refractivity contribution in [1.29, 1.82) is 0 Å². The molecule has 2 aromatic carbocycles. The maximum atomic E-state index is 13.7. The van der Waals surface area contributed by atoms with Gasteiger partial charge in [-0.3, -0.25) is 4.79 Å². The highest BCUT2D eigenvalue weighted by atomic mass is 32.2. The molecule has 0 bridgehead atoms. The Kier molecular flexibility index (Phi) is 9.06. The van der Waals surface area contributed by atoms with Gasteiger partial charge in [-0.15, -0.1) is 0 Å². The van der Waals surface area contributed by atoms with Crippen LogP contribution in [0.5, 0.6) is 5.75 Å². The molecule has 12 heteroatoms. The third-order valence-electron chi connectivity index (χ3n) is 9.55. The fraction of sp³-hybridized carbons (Fsp3) is 0.529. The van der Waals surface area contributed by atoms with Gasteiger partial charge in [0, 0.05) is 55.8 Å². The van der Waals surface area contributed by atoms with Crippen molar-refractivity contribution < 1.29 is 27.5 Å². The third-order valence-corrected chi connectivity index (χ3v) is 11.0. The lowest BCUT2D eigenvalue weighted by Gasteiger charge is -2.36. The van der Waals surface area contributed by atoms with E-state index in [0.29, 0.717) is 32.0 Å². The number of rotatable bonds is 6. The van der Waals surface area contributed by atoms with E-state index in [0.717, 1.165) is 63.5 Å². The number of morpholine rings is 1. The number of urea groups is 1. The molecule has 1 saturated heterocycles. The zero-order chi connectivity index (χ0) is 32.7. The molecular weight excluding hydrogens is 606 g/mol. The van der Waals surface area contributed by atoms with Crippen LogP contribution in [0, 0.1) is 0 Å². The molecule has 0 radical (unpaired) electrons. The highest BCUT2D eigenvalue weighted by Gasteiger charge is 2.33. The second kappa shape index (κ2) is 12.9. The van der Waals surface area contributed by atoms with Crippen molar-refractivity contribution in [3.05, 3.63) is 53.1 Å². The highest BCUT2D eigenvalue weighted by molar-refractivity contribution is 7.87. The number of methoxy groups -OCH3 is 1. The molecule has 248 valence electrons. The average Bonchev–Trinajstić information content (AvgIpc) is 3.24. The lowest BCUT2D eigenvalue weighted by Crippen LogP contribution is -2.54. The van der Waals surface area contributed by atoms with Gasteiger partial charge in [-0.1, -0.05) is 25.3 Å². The number of benzene rings is 2. The first kappa shape index (κ1) is 32.3. The molecule has 1 saturated carbocycles. The largest absolute Gasteiger partial charge is 0.497 e. The summed E-state index contributed by atoms with van der Waals surface area (Å²) < 4.78 is 41.9. The normalized spacial score (nSPS) is 22.2. The Balaban J connectivity index is 1.48. The highest BCUT2D eigenvalue weighted by Crippen LogP contribution is 2.46. The fourth-order valence-corrected chi connectivity index (χ4v) is 7.96. The summed E-state index contributed by atoms with van der Waals surface area (Å²) in [5.41, 5.74) is 5.64. The Morgan fingerprint density at radius 3 is 2.37 bits per heavy atom. The number of nitrogens with zero attached hydrogens (tertiary/aromatic N) is 3. The number of hydrogen-bond donors (Lipinski definition) is 2. The SMILES string of the molecule is COc1ccc2c(c1)CC(NC(=O)N1C[C@@H](C)O[C@@H](C)C1)Cn1c-2c(C2CCCCC2)c2ccc(C(=O)NS(=O)(=O)N(C)C)cc21. The number of carbonyl (C=O) groups excluding carboxylic acids is 2. The van der Waals surface area contributed by atoms with E-state index in [1.54, 1.807) is 19.2 Å². The number of fused-ring (bicyclic) bond motifs is 5. The number of nitrogens with one attached hydrogen (secondary N) is 2. The maximum Gasteiger partial charge on any atom is 0.317 e. The van der Waals surface area contributed by atoms with Gasteiger partial charge >= 0.3 is 16.2 Å². The summed E-state index contributed by atoms with van der Waals surface area (Å²) in [6.45, 7) is 5.48. The van der Waals surface area contributed by atoms with E-state index in [2.05, 4.69) is 26.7 Å². The van der Waals surface area contributed by atoms with Gasteiger partial charge in [0.05, 0.1) is 31.1 Å². The molecule has 3 aromatic rings. The van der Waals surface area contributed by atoms with Crippen LogP contribution in [0.2, 0.25) is 0 Å². The average molecular weight is 652 g/mol. The number of amides is 3. The van der Waals surface area contributed by atoms with Crippen LogP contribution in [0.1, 0.15) is 73.4 Å². The van der Waals surface area contributed by atoms with Gasteiger partial charge in [-0.25, -0.2) is 9.52 Å². The predicted octanol–water partition coefficient (Wildman–Crippen LogP) is 4.64. The van der Waals surface area contributed by atoms with Crippen LogP contribution in [0.25, 0.3) is 22.2 Å². The van der Waals surface area contributed by atoms with Crippen LogP contribution in [0.4, 0.5) is 4.79 Å². The molecule has 6 rings (SSSR count). The number of hydrogen-bond acceptors (Lipinski definition) is 6. The van der Waals surface area contributed by atoms with E-state index in [1.807, 2.05) is 30.9 Å². The first-order chi connectivity index (χ1) is 21.9. The number of carbonyl (C=O) groups is 2. The molecule has 3 heterocycles. The maximum absolute atomic E-state index is 13.7. The Hall–Kier alpha value is -3.61. The van der Waals surface area contributed by atoms with E-state index >= 15 is 0 Å². The topological polar surface area (TPSA) is 122 Å². The Morgan fingerprint density at radius 2 is 1.70 bits per heavy atom. The summed E-state index contributed by atoms with van der Waals surface area (Å²) in [7, 11) is 0.444. The minimum absolute atomic E-state index is 0.0486. The van der Waals surface area contributed by atoms with E-state index in [4.69, 9.17) is 9.47 Å². The van der Waals surface area contributed by atoms with E-state index in [9.17, 15) is 18.0 Å². The van der Waals surface area contributed by atoms with Gasteiger partial charge in [0.2, 0.25) is 0 Å². The minimum atomic E-state index is -3.97. The Labute approximate surface area is 271 Å². The minimum Gasteiger partial charge on any atom is -0.497 e. The zero-order valence-electron chi connectivity index (χ0n) is 27.3. The van der Waals surface area contributed by atoms with Crippen LogP contribution in [0.3, 0.4) is 0 Å². The molecule has 1 aliphatic carbocycles. The summed E-state index contributed by atoms with van der Waals surface area (Å²) in [6.07, 6.45) is 6.19. The molecule has 1 unspecified atom stereocenters. The standard InChI is InChI=1S/C34H45N5O6S/c1-21-18-38(19-22(2)45-21)34(41)35-26-15-25-16-27(44-5)12-14-28(25)32-31(23-9-7-6-8-10-23)29-13-11-24(17-30(29)39(32)20-26)33(40)36-46(42,43)37(3)4/h11-14,16-17,21-23,26H,6-10,15,18-20H2,1-5H3,(H,35,41)(H,36,40)/t21-,22+,26?. The van der Waals surface area contributed by atoms with Crippen LogP contribution in [-0.4, -0.2) is 86.7 Å². The van der Waals surface area contributed by atoms with Gasteiger partial charge in [0.15, 0.2) is 0 Å². The molecular formula is C34H45N5O6S. The van der Waals surface area contributed by atoms with Crippen molar-refractivity contribution in [3.63, 3.8) is 0 Å². The number of ether oxygens (including phenoxy) is 2. The van der Waals surface area contributed by atoms with E-state index in [-0.39, 0.29) is 29.8 Å². The second-order valence-electron chi connectivity index (χ2n) is 13.2. The summed E-state index contributed by atoms with van der Waals surface area (Å²) in [4.78, 5) is 28.7. The van der Waals surface area contributed by atoms with Crippen molar-refractivity contribution in [2.75, 3.05) is 34.3 Å². The Bertz CT molecular complexity index is 1740. The second-order valence-corrected chi connectivity index (χ2v) is 15.1. The van der Waals surface area contributed by atoms with Crippen LogP contribution >= 0.6 is 0 Å². The van der Waals surface area contributed by atoms with Gasteiger partial charge in [0.25, 0.3) is 5.91 Å². The van der Waals surface area contributed by atoms with E-state index < -0.39 is 16.1 Å². The molecule has 0 spiro atoms. The van der Waals surface area contributed by atoms with Crippen LogP contribution in [0.15, 0.2) is 36.4 Å². The zero-order valence-corrected chi connectivity index (χ0v) is 28.2.